The zero-order valence-electron chi connectivity index (χ0n) is 9.84. The molecule has 0 bridgehead atoms. The molecule has 17 heavy (non-hydrogen) atoms. The summed E-state index contributed by atoms with van der Waals surface area (Å²) in [5.74, 6) is -0.604. The Labute approximate surface area is 101 Å². The molecule has 2 N–H and O–H groups in total. The van der Waals surface area contributed by atoms with E-state index in [0.29, 0.717) is 13.2 Å². The summed E-state index contributed by atoms with van der Waals surface area (Å²) < 4.78 is 10.5. The van der Waals surface area contributed by atoms with E-state index < -0.39 is 0 Å². The standard InChI is InChI=1S/C13H17NO3/c1-9(10-5-3-2-4-6-10)17-13(15)11-7-16-8-12(11)14/h2-6,9,11-12H,7-8,14H2,1H3. The highest BCUT2D eigenvalue weighted by Gasteiger charge is 2.33. The number of rotatable bonds is 3. The summed E-state index contributed by atoms with van der Waals surface area (Å²) in [7, 11) is 0. The van der Waals surface area contributed by atoms with E-state index in [-0.39, 0.29) is 24.0 Å². The molecule has 1 aliphatic heterocycles. The number of esters is 1. The molecule has 0 aromatic heterocycles. The first-order valence-electron chi connectivity index (χ1n) is 5.77. The second kappa shape index (κ2) is 5.29. The van der Waals surface area contributed by atoms with Crippen LogP contribution in [0.3, 0.4) is 0 Å². The Bertz CT molecular complexity index is 380. The molecule has 1 heterocycles. The zero-order chi connectivity index (χ0) is 12.3. The van der Waals surface area contributed by atoms with Gasteiger partial charge in [0.2, 0.25) is 0 Å². The Hall–Kier alpha value is -1.39. The molecule has 0 radical (unpaired) electrons. The van der Waals surface area contributed by atoms with Gasteiger partial charge in [0.05, 0.1) is 19.1 Å². The van der Waals surface area contributed by atoms with Gasteiger partial charge < -0.3 is 15.2 Å². The normalized spacial score (nSPS) is 25.5. The fourth-order valence-electron chi connectivity index (χ4n) is 1.87. The Kier molecular flexibility index (Phi) is 3.76. The zero-order valence-corrected chi connectivity index (χ0v) is 9.84. The Morgan fingerprint density at radius 3 is 2.71 bits per heavy atom. The molecule has 2 rings (SSSR count). The number of benzene rings is 1. The fraction of sp³-hybridized carbons (Fsp3) is 0.462. The molecule has 3 atom stereocenters. The maximum absolute atomic E-state index is 11.9. The van der Waals surface area contributed by atoms with Crippen molar-refractivity contribution < 1.29 is 14.3 Å². The van der Waals surface area contributed by atoms with Crippen molar-refractivity contribution in [3.8, 4) is 0 Å². The van der Waals surface area contributed by atoms with Gasteiger partial charge in [-0.1, -0.05) is 30.3 Å². The highest BCUT2D eigenvalue weighted by molar-refractivity contribution is 5.74. The summed E-state index contributed by atoms with van der Waals surface area (Å²) >= 11 is 0. The van der Waals surface area contributed by atoms with Crippen molar-refractivity contribution in [1.29, 1.82) is 0 Å². The van der Waals surface area contributed by atoms with Crippen LogP contribution in [0, 0.1) is 5.92 Å². The SMILES string of the molecule is CC(OC(=O)C1COCC1N)c1ccccc1. The van der Waals surface area contributed by atoms with Crippen LogP contribution in [0.25, 0.3) is 0 Å². The lowest BCUT2D eigenvalue weighted by Crippen LogP contribution is -2.35. The minimum atomic E-state index is -0.332. The number of ether oxygens (including phenoxy) is 2. The molecule has 1 aliphatic rings. The molecule has 3 unspecified atom stereocenters. The Balaban J connectivity index is 1.95. The van der Waals surface area contributed by atoms with Crippen LogP contribution in [0.5, 0.6) is 0 Å². The largest absolute Gasteiger partial charge is 0.457 e. The first kappa shape index (κ1) is 12.1. The molecule has 4 nitrogen and oxygen atoms in total. The number of hydrogen-bond donors (Lipinski definition) is 1. The predicted octanol–water partition coefficient (Wildman–Crippen LogP) is 1.26. The summed E-state index contributed by atoms with van der Waals surface area (Å²) in [6.45, 7) is 2.65. The average molecular weight is 235 g/mol. The van der Waals surface area contributed by atoms with Gasteiger partial charge in [0.25, 0.3) is 0 Å². The summed E-state index contributed by atoms with van der Waals surface area (Å²) in [6, 6.07) is 9.39. The van der Waals surface area contributed by atoms with Crippen molar-refractivity contribution in [3.05, 3.63) is 35.9 Å². The van der Waals surface area contributed by atoms with Crippen LogP contribution in [0.2, 0.25) is 0 Å². The van der Waals surface area contributed by atoms with Gasteiger partial charge in [-0.15, -0.1) is 0 Å². The van der Waals surface area contributed by atoms with Crippen molar-refractivity contribution in [2.24, 2.45) is 11.7 Å². The second-order valence-corrected chi connectivity index (χ2v) is 4.30. The molecular formula is C13H17NO3. The quantitative estimate of drug-likeness (QED) is 0.801. The van der Waals surface area contributed by atoms with E-state index in [1.165, 1.54) is 0 Å². The van der Waals surface area contributed by atoms with Gasteiger partial charge >= 0.3 is 5.97 Å². The summed E-state index contributed by atoms with van der Waals surface area (Å²) in [4.78, 5) is 11.9. The molecule has 1 aromatic rings. The molecule has 0 aliphatic carbocycles. The molecule has 1 fully saturated rings. The molecule has 0 amide bonds. The van der Waals surface area contributed by atoms with E-state index in [1.807, 2.05) is 37.3 Å². The molecule has 4 heteroatoms. The summed E-state index contributed by atoms with van der Waals surface area (Å²) in [5, 5.41) is 0. The molecule has 92 valence electrons. The molecule has 0 spiro atoms. The third kappa shape index (κ3) is 2.84. The van der Waals surface area contributed by atoms with Crippen LogP contribution in [0.1, 0.15) is 18.6 Å². The number of hydrogen-bond acceptors (Lipinski definition) is 4. The number of carbonyl (C=O) groups excluding carboxylic acids is 1. The van der Waals surface area contributed by atoms with Crippen molar-refractivity contribution in [2.75, 3.05) is 13.2 Å². The van der Waals surface area contributed by atoms with E-state index in [1.54, 1.807) is 0 Å². The van der Waals surface area contributed by atoms with Crippen LogP contribution < -0.4 is 5.73 Å². The molecule has 1 saturated heterocycles. The van der Waals surface area contributed by atoms with Crippen molar-refractivity contribution in [1.82, 2.24) is 0 Å². The van der Waals surface area contributed by atoms with Gasteiger partial charge in [-0.3, -0.25) is 4.79 Å². The lowest BCUT2D eigenvalue weighted by Gasteiger charge is -2.17. The highest BCUT2D eigenvalue weighted by Crippen LogP contribution is 2.20. The monoisotopic (exact) mass is 235 g/mol. The molecule has 0 saturated carbocycles. The third-order valence-electron chi connectivity index (χ3n) is 2.99. The van der Waals surface area contributed by atoms with Gasteiger partial charge in [-0.05, 0) is 12.5 Å². The minimum Gasteiger partial charge on any atom is -0.457 e. The Morgan fingerprint density at radius 2 is 2.12 bits per heavy atom. The average Bonchev–Trinajstić information content (AvgIpc) is 2.76. The van der Waals surface area contributed by atoms with Gasteiger partial charge in [-0.2, -0.15) is 0 Å². The second-order valence-electron chi connectivity index (χ2n) is 4.30. The van der Waals surface area contributed by atoms with E-state index in [2.05, 4.69) is 0 Å². The van der Waals surface area contributed by atoms with Gasteiger partial charge in [0, 0.05) is 6.04 Å². The van der Waals surface area contributed by atoms with Crippen molar-refractivity contribution >= 4 is 5.97 Å². The maximum atomic E-state index is 11.9. The Morgan fingerprint density at radius 1 is 1.41 bits per heavy atom. The molecular weight excluding hydrogens is 218 g/mol. The topological polar surface area (TPSA) is 61.5 Å². The summed E-state index contributed by atoms with van der Waals surface area (Å²) in [6.07, 6.45) is -0.253. The van der Waals surface area contributed by atoms with Gasteiger partial charge in [-0.25, -0.2) is 0 Å². The number of carbonyl (C=O) groups is 1. The van der Waals surface area contributed by atoms with Crippen LogP contribution in [-0.2, 0) is 14.3 Å². The van der Waals surface area contributed by atoms with E-state index in [4.69, 9.17) is 15.2 Å². The van der Waals surface area contributed by atoms with Gasteiger partial charge in [0.15, 0.2) is 0 Å². The van der Waals surface area contributed by atoms with E-state index in [0.717, 1.165) is 5.56 Å². The van der Waals surface area contributed by atoms with Crippen LogP contribution in [0.15, 0.2) is 30.3 Å². The third-order valence-corrected chi connectivity index (χ3v) is 2.99. The van der Waals surface area contributed by atoms with Gasteiger partial charge in [0.1, 0.15) is 6.10 Å². The summed E-state index contributed by atoms with van der Waals surface area (Å²) in [5.41, 5.74) is 6.75. The smallest absolute Gasteiger partial charge is 0.313 e. The van der Waals surface area contributed by atoms with Crippen LogP contribution in [-0.4, -0.2) is 25.2 Å². The number of nitrogens with two attached hydrogens (primary N) is 1. The fourth-order valence-corrected chi connectivity index (χ4v) is 1.87. The van der Waals surface area contributed by atoms with E-state index >= 15 is 0 Å². The minimum absolute atomic E-state index is 0.245. The lowest BCUT2D eigenvalue weighted by molar-refractivity contribution is -0.153. The van der Waals surface area contributed by atoms with E-state index in [9.17, 15) is 4.79 Å². The van der Waals surface area contributed by atoms with Crippen LogP contribution >= 0.6 is 0 Å². The predicted molar refractivity (Wildman–Crippen MR) is 63.2 cm³/mol. The lowest BCUT2D eigenvalue weighted by atomic mass is 10.1. The maximum Gasteiger partial charge on any atom is 0.313 e. The van der Waals surface area contributed by atoms with Crippen molar-refractivity contribution in [3.63, 3.8) is 0 Å². The highest BCUT2D eigenvalue weighted by atomic mass is 16.5. The van der Waals surface area contributed by atoms with Crippen LogP contribution in [0.4, 0.5) is 0 Å². The van der Waals surface area contributed by atoms with Crippen molar-refractivity contribution in [2.45, 2.75) is 19.1 Å². The first-order chi connectivity index (χ1) is 8.18. The first-order valence-corrected chi connectivity index (χ1v) is 5.77. The molecule has 1 aromatic carbocycles.